The minimum atomic E-state index is 0.165. The van der Waals surface area contributed by atoms with Crippen LogP contribution in [0.5, 0.6) is 0 Å². The van der Waals surface area contributed by atoms with E-state index in [1.54, 1.807) is 0 Å². The summed E-state index contributed by atoms with van der Waals surface area (Å²) >= 11 is 0. The van der Waals surface area contributed by atoms with Gasteiger partial charge in [0.05, 0.1) is 0 Å². The molecule has 0 unspecified atom stereocenters. The molecule has 4 bridgehead atoms. The Balaban J connectivity index is 1.36. The molecule has 6 fully saturated rings. The van der Waals surface area contributed by atoms with Crippen LogP contribution in [-0.2, 0) is 17.9 Å². The molecule has 1 aromatic carbocycles. The maximum Gasteiger partial charge on any atom is 0.163 e. The molecule has 2 heterocycles. The number of hydrogen-bond donors (Lipinski definition) is 0. The molecule has 0 saturated heterocycles. The summed E-state index contributed by atoms with van der Waals surface area (Å²) in [4.78, 5) is 20.6. The van der Waals surface area contributed by atoms with E-state index < -0.39 is 0 Å². The first kappa shape index (κ1) is 21.7. The molecule has 5 heteroatoms. The van der Waals surface area contributed by atoms with Crippen LogP contribution < -0.4 is 0 Å². The van der Waals surface area contributed by atoms with Gasteiger partial charge < -0.3 is 4.57 Å². The van der Waals surface area contributed by atoms with Crippen molar-refractivity contribution in [2.24, 2.45) is 18.9 Å². The fourth-order valence-corrected chi connectivity index (χ4v) is 7.71. The highest BCUT2D eigenvalue weighted by Gasteiger charge is 2.47. The Morgan fingerprint density at radius 1 is 0.743 bits per heavy atom. The third-order valence-electron chi connectivity index (χ3n) is 10.4. The van der Waals surface area contributed by atoms with Gasteiger partial charge in [0.25, 0.3) is 0 Å². The van der Waals surface area contributed by atoms with Crippen molar-refractivity contribution in [3.05, 3.63) is 47.8 Å². The first-order valence-corrected chi connectivity index (χ1v) is 13.9. The van der Waals surface area contributed by atoms with Gasteiger partial charge in [-0.3, -0.25) is 0 Å². The highest BCUT2D eigenvalue weighted by Crippen LogP contribution is 2.53. The Morgan fingerprint density at radius 2 is 1.26 bits per heavy atom. The lowest BCUT2D eigenvalue weighted by molar-refractivity contribution is 0.117. The predicted octanol–water partition coefficient (Wildman–Crippen LogP) is 6.69. The van der Waals surface area contributed by atoms with Gasteiger partial charge in [-0.25, -0.2) is 19.9 Å². The molecule has 5 nitrogen and oxygen atoms in total. The molecule has 2 aromatic heterocycles. The van der Waals surface area contributed by atoms with Gasteiger partial charge in [0.2, 0.25) is 0 Å². The molecule has 6 aliphatic rings. The number of aryl methyl sites for hydroxylation is 1. The summed E-state index contributed by atoms with van der Waals surface area (Å²) in [5, 5.41) is 0. The van der Waals surface area contributed by atoms with E-state index >= 15 is 0 Å². The quantitative estimate of drug-likeness (QED) is 0.429. The van der Waals surface area contributed by atoms with Crippen LogP contribution >= 0.6 is 0 Å². The maximum absolute atomic E-state index is 5.40. The van der Waals surface area contributed by atoms with E-state index in [1.165, 1.54) is 77.0 Å². The zero-order valence-corrected chi connectivity index (χ0v) is 21.3. The fourth-order valence-electron chi connectivity index (χ4n) is 7.71. The highest BCUT2D eigenvalue weighted by atomic mass is 15.1. The molecule has 35 heavy (non-hydrogen) atoms. The van der Waals surface area contributed by atoms with Crippen LogP contribution in [0.2, 0.25) is 0 Å². The lowest BCUT2D eigenvalue weighted by Gasteiger charge is -2.47. The molecule has 0 amide bonds. The number of benzene rings is 1. The second-order valence-corrected chi connectivity index (χ2v) is 12.2. The lowest BCUT2D eigenvalue weighted by Crippen LogP contribution is -2.42. The molecule has 6 aliphatic carbocycles. The SMILES string of the molecule is Cc1cnc(-c2cccc(-c3nc(C45CCC(CC4)CC5)nc(C45CCC(CC4)CC5)n3)c2)n1C. The van der Waals surface area contributed by atoms with Gasteiger partial charge in [-0.1, -0.05) is 18.2 Å². The minimum absolute atomic E-state index is 0.165. The number of hydrogen-bond acceptors (Lipinski definition) is 4. The van der Waals surface area contributed by atoms with Gasteiger partial charge in [-0.2, -0.15) is 0 Å². The molecular weight excluding hydrogens is 430 g/mol. The Morgan fingerprint density at radius 3 is 1.74 bits per heavy atom. The summed E-state index contributed by atoms with van der Waals surface area (Å²) in [5.41, 5.74) is 3.70. The van der Waals surface area contributed by atoms with Gasteiger partial charge in [0.15, 0.2) is 5.82 Å². The minimum Gasteiger partial charge on any atom is -0.331 e. The van der Waals surface area contributed by atoms with E-state index in [9.17, 15) is 0 Å². The molecule has 3 aromatic rings. The standard InChI is InChI=1S/C30H37N5/c1-20-19-31-26(35(20)2)24-5-3-4-23(18-24)25-32-27(29-12-6-21(7-13-29)8-14-29)34-28(33-25)30-15-9-22(10-16-30)11-17-30/h3-5,18-19,21-22H,6-17H2,1-2H3. The second-order valence-electron chi connectivity index (χ2n) is 12.2. The third kappa shape index (κ3) is 3.48. The summed E-state index contributed by atoms with van der Waals surface area (Å²) < 4.78 is 2.16. The molecule has 9 rings (SSSR count). The molecule has 6 saturated carbocycles. The van der Waals surface area contributed by atoms with E-state index in [2.05, 4.69) is 47.8 Å². The predicted molar refractivity (Wildman–Crippen MR) is 138 cm³/mol. The average Bonchev–Trinajstić information content (AvgIpc) is 3.28. The largest absolute Gasteiger partial charge is 0.331 e. The smallest absolute Gasteiger partial charge is 0.163 e. The van der Waals surface area contributed by atoms with Crippen molar-refractivity contribution in [2.45, 2.75) is 94.8 Å². The van der Waals surface area contributed by atoms with Crippen molar-refractivity contribution in [3.63, 3.8) is 0 Å². The Kier molecular flexibility index (Phi) is 4.94. The number of rotatable bonds is 4. The van der Waals surface area contributed by atoms with E-state index in [-0.39, 0.29) is 10.8 Å². The third-order valence-corrected chi connectivity index (χ3v) is 10.4. The summed E-state index contributed by atoms with van der Waals surface area (Å²) in [6, 6.07) is 8.69. The van der Waals surface area contributed by atoms with Crippen LogP contribution in [0.25, 0.3) is 22.8 Å². The Hall–Kier alpha value is -2.56. The fraction of sp³-hybridized carbons (Fsp3) is 0.600. The van der Waals surface area contributed by atoms with E-state index in [0.29, 0.717) is 0 Å². The number of aromatic nitrogens is 5. The Labute approximate surface area is 208 Å². The number of nitrogens with zero attached hydrogens (tertiary/aromatic N) is 5. The van der Waals surface area contributed by atoms with Crippen molar-refractivity contribution in [3.8, 4) is 22.8 Å². The molecule has 182 valence electrons. The van der Waals surface area contributed by atoms with Gasteiger partial charge in [-0.05, 0) is 102 Å². The van der Waals surface area contributed by atoms with E-state index in [1.807, 2.05) is 6.20 Å². The van der Waals surface area contributed by atoms with Gasteiger partial charge in [0, 0.05) is 40.9 Å². The molecule has 0 radical (unpaired) electrons. The van der Waals surface area contributed by atoms with E-state index in [0.717, 1.165) is 52.0 Å². The lowest BCUT2D eigenvalue weighted by atomic mass is 9.59. The highest BCUT2D eigenvalue weighted by molar-refractivity contribution is 5.66. The summed E-state index contributed by atoms with van der Waals surface area (Å²) in [5.74, 6) is 5.95. The molecular formula is C30H37N5. The Bertz CT molecular complexity index is 1180. The first-order valence-electron chi connectivity index (χ1n) is 13.9. The number of fused-ring (bicyclic) bond motifs is 6. The zero-order chi connectivity index (χ0) is 23.6. The molecule has 0 aliphatic heterocycles. The maximum atomic E-state index is 5.40. The monoisotopic (exact) mass is 467 g/mol. The van der Waals surface area contributed by atoms with Gasteiger partial charge in [-0.15, -0.1) is 0 Å². The summed E-state index contributed by atoms with van der Waals surface area (Å²) in [7, 11) is 2.08. The second kappa shape index (κ2) is 7.97. The van der Waals surface area contributed by atoms with Crippen LogP contribution in [-0.4, -0.2) is 24.5 Å². The summed E-state index contributed by atoms with van der Waals surface area (Å²) in [6.45, 7) is 2.10. The topological polar surface area (TPSA) is 56.5 Å². The van der Waals surface area contributed by atoms with Crippen molar-refractivity contribution in [1.29, 1.82) is 0 Å². The van der Waals surface area contributed by atoms with Crippen molar-refractivity contribution < 1.29 is 0 Å². The first-order chi connectivity index (χ1) is 17.0. The van der Waals surface area contributed by atoms with Crippen molar-refractivity contribution >= 4 is 0 Å². The normalized spacial score (nSPS) is 31.7. The van der Waals surface area contributed by atoms with Gasteiger partial charge >= 0.3 is 0 Å². The van der Waals surface area contributed by atoms with Crippen LogP contribution in [0.15, 0.2) is 30.5 Å². The molecule has 0 atom stereocenters. The average molecular weight is 468 g/mol. The van der Waals surface area contributed by atoms with Gasteiger partial charge in [0.1, 0.15) is 17.5 Å². The number of imidazole rings is 1. The summed E-state index contributed by atoms with van der Waals surface area (Å²) in [6.07, 6.45) is 17.5. The van der Waals surface area contributed by atoms with Crippen LogP contribution in [0.3, 0.4) is 0 Å². The molecule has 0 N–H and O–H groups in total. The van der Waals surface area contributed by atoms with E-state index in [4.69, 9.17) is 15.0 Å². The zero-order valence-electron chi connectivity index (χ0n) is 21.3. The molecule has 0 spiro atoms. The van der Waals surface area contributed by atoms with Crippen molar-refractivity contribution in [1.82, 2.24) is 24.5 Å². The van der Waals surface area contributed by atoms with Crippen LogP contribution in [0, 0.1) is 18.8 Å². The van der Waals surface area contributed by atoms with Crippen LogP contribution in [0.1, 0.15) is 94.4 Å². The van der Waals surface area contributed by atoms with Crippen molar-refractivity contribution in [2.75, 3.05) is 0 Å². The van der Waals surface area contributed by atoms with Crippen LogP contribution in [0.4, 0.5) is 0 Å².